The van der Waals surface area contributed by atoms with Crippen LogP contribution in [0.3, 0.4) is 0 Å². The molecule has 0 spiro atoms. The topological polar surface area (TPSA) is 108 Å². The van der Waals surface area contributed by atoms with Gasteiger partial charge < -0.3 is 9.47 Å². The molecule has 0 bridgehead atoms. The molecule has 8 nitrogen and oxygen atoms in total. The summed E-state index contributed by atoms with van der Waals surface area (Å²) in [6, 6.07) is 13.1. The van der Waals surface area contributed by atoms with E-state index in [-0.39, 0.29) is 22.3 Å². The quantitative estimate of drug-likeness (QED) is 0.355. The average molecular weight is 481 g/mol. The van der Waals surface area contributed by atoms with Crippen molar-refractivity contribution in [2.24, 2.45) is 0 Å². The van der Waals surface area contributed by atoms with E-state index in [2.05, 4.69) is 0 Å². The number of benzene rings is 3. The number of para-hydroxylation sites is 1. The fourth-order valence-corrected chi connectivity index (χ4v) is 2.81. The van der Waals surface area contributed by atoms with Gasteiger partial charge in [0.25, 0.3) is 11.6 Å². The van der Waals surface area contributed by atoms with Gasteiger partial charge >= 0.3 is 12.3 Å². The van der Waals surface area contributed by atoms with E-state index in [0.29, 0.717) is 6.07 Å². The van der Waals surface area contributed by atoms with Crippen LogP contribution in [0.4, 0.5) is 23.7 Å². The maximum absolute atomic E-state index is 12.8. The highest BCUT2D eigenvalue weighted by Crippen LogP contribution is 2.37. The van der Waals surface area contributed by atoms with Crippen LogP contribution in [0.25, 0.3) is 0 Å². The Hall–Kier alpha value is -4.12. The second-order valence-electron chi connectivity index (χ2n) is 6.34. The molecule has 2 amide bonds. The summed E-state index contributed by atoms with van der Waals surface area (Å²) in [4.78, 5) is 34.9. The lowest BCUT2D eigenvalue weighted by Crippen LogP contribution is -2.33. The molecule has 0 aliphatic heterocycles. The van der Waals surface area contributed by atoms with Crippen molar-refractivity contribution in [3.63, 3.8) is 0 Å². The zero-order chi connectivity index (χ0) is 24.2. The molecular formula is C21H12ClF3N2O6. The number of nitro groups is 1. The average Bonchev–Trinajstić information content (AvgIpc) is 2.74. The van der Waals surface area contributed by atoms with Crippen LogP contribution in [-0.4, -0.2) is 16.9 Å². The van der Waals surface area contributed by atoms with Crippen LogP contribution in [0.2, 0.25) is 5.02 Å². The number of alkyl halides is 3. The lowest BCUT2D eigenvalue weighted by molar-refractivity contribution is -0.385. The van der Waals surface area contributed by atoms with Gasteiger partial charge in [0.1, 0.15) is 22.8 Å². The molecule has 3 aromatic rings. The minimum absolute atomic E-state index is 0.131. The number of carbonyl (C=O) groups excluding carboxylic acids is 2. The summed E-state index contributed by atoms with van der Waals surface area (Å²) in [6.45, 7) is 0. The molecule has 0 radical (unpaired) electrons. The highest BCUT2D eigenvalue weighted by Gasteiger charge is 2.31. The largest absolute Gasteiger partial charge is 0.456 e. The van der Waals surface area contributed by atoms with Crippen LogP contribution in [0, 0.1) is 10.1 Å². The van der Waals surface area contributed by atoms with Crippen LogP contribution in [0.5, 0.6) is 17.2 Å². The number of rotatable bonds is 5. The van der Waals surface area contributed by atoms with E-state index in [0.717, 1.165) is 30.3 Å². The minimum Gasteiger partial charge on any atom is -0.456 e. The number of hydrogen-bond acceptors (Lipinski definition) is 6. The Morgan fingerprint density at radius 3 is 2.27 bits per heavy atom. The fourth-order valence-electron chi connectivity index (χ4n) is 2.59. The number of carbonyl (C=O) groups is 2. The maximum atomic E-state index is 12.8. The highest BCUT2D eigenvalue weighted by molar-refractivity contribution is 6.32. The Morgan fingerprint density at radius 2 is 1.67 bits per heavy atom. The van der Waals surface area contributed by atoms with Gasteiger partial charge in [0.05, 0.1) is 15.5 Å². The van der Waals surface area contributed by atoms with Crippen molar-refractivity contribution >= 4 is 29.3 Å². The predicted octanol–water partition coefficient (Wildman–Crippen LogP) is 5.99. The summed E-state index contributed by atoms with van der Waals surface area (Å²) in [6.07, 6.45) is -5.80. The van der Waals surface area contributed by atoms with E-state index < -0.39 is 39.9 Å². The number of imide groups is 1. The van der Waals surface area contributed by atoms with Crippen molar-refractivity contribution in [3.8, 4) is 17.2 Å². The molecule has 0 atom stereocenters. The summed E-state index contributed by atoms with van der Waals surface area (Å²) in [7, 11) is 0. The molecule has 3 aromatic carbocycles. The van der Waals surface area contributed by atoms with Crippen LogP contribution >= 0.6 is 11.6 Å². The van der Waals surface area contributed by atoms with Crippen molar-refractivity contribution in [1.29, 1.82) is 0 Å². The van der Waals surface area contributed by atoms with Crippen LogP contribution in [0.15, 0.2) is 66.7 Å². The van der Waals surface area contributed by atoms with Crippen molar-refractivity contribution in [2.75, 3.05) is 0 Å². The molecule has 0 saturated carbocycles. The number of nitro benzene ring substituents is 1. The van der Waals surface area contributed by atoms with E-state index in [1.54, 1.807) is 18.2 Å². The van der Waals surface area contributed by atoms with Gasteiger partial charge in [0, 0.05) is 12.1 Å². The van der Waals surface area contributed by atoms with Gasteiger partial charge in [-0.2, -0.15) is 13.2 Å². The van der Waals surface area contributed by atoms with Gasteiger partial charge in [-0.1, -0.05) is 29.8 Å². The number of nitrogens with one attached hydrogen (secondary N) is 1. The summed E-state index contributed by atoms with van der Waals surface area (Å²) < 4.78 is 48.6. The van der Waals surface area contributed by atoms with Gasteiger partial charge in [-0.05, 0) is 36.4 Å². The van der Waals surface area contributed by atoms with Gasteiger partial charge in [0.15, 0.2) is 0 Å². The number of hydrogen-bond donors (Lipinski definition) is 1. The molecule has 3 rings (SSSR count). The summed E-state index contributed by atoms with van der Waals surface area (Å²) >= 11 is 5.84. The molecule has 0 heterocycles. The molecule has 0 saturated heterocycles. The van der Waals surface area contributed by atoms with Crippen LogP contribution in [0.1, 0.15) is 15.9 Å². The first kappa shape index (κ1) is 23.5. The van der Waals surface area contributed by atoms with Gasteiger partial charge in [0.2, 0.25) is 0 Å². The number of nitrogens with zero attached hydrogens (tertiary/aromatic N) is 1. The van der Waals surface area contributed by atoms with E-state index in [9.17, 15) is 32.9 Å². The molecule has 0 fully saturated rings. The second-order valence-corrected chi connectivity index (χ2v) is 6.74. The van der Waals surface area contributed by atoms with Gasteiger partial charge in [-0.25, -0.2) is 4.79 Å². The van der Waals surface area contributed by atoms with E-state index in [1.807, 2.05) is 5.32 Å². The summed E-state index contributed by atoms with van der Waals surface area (Å²) in [5, 5.41) is 12.8. The third kappa shape index (κ3) is 5.98. The Bertz CT molecular complexity index is 1220. The normalized spacial score (nSPS) is 10.9. The number of amides is 2. The smallest absolute Gasteiger partial charge is 0.419 e. The Labute approximate surface area is 188 Å². The highest BCUT2D eigenvalue weighted by atomic mass is 35.5. The first-order valence-corrected chi connectivity index (χ1v) is 9.33. The number of ether oxygens (including phenoxy) is 2. The molecule has 170 valence electrons. The van der Waals surface area contributed by atoms with E-state index in [1.165, 1.54) is 12.1 Å². The predicted molar refractivity (Wildman–Crippen MR) is 110 cm³/mol. The molecular weight excluding hydrogens is 469 g/mol. The molecule has 33 heavy (non-hydrogen) atoms. The van der Waals surface area contributed by atoms with Crippen molar-refractivity contribution in [1.82, 2.24) is 5.32 Å². The van der Waals surface area contributed by atoms with Gasteiger partial charge in [-0.15, -0.1) is 0 Å². The lowest BCUT2D eigenvalue weighted by atomic mass is 10.1. The number of halogens is 4. The third-order valence-electron chi connectivity index (χ3n) is 4.07. The molecule has 0 aliphatic carbocycles. The molecule has 0 aliphatic rings. The van der Waals surface area contributed by atoms with Crippen molar-refractivity contribution < 1.29 is 37.2 Å². The van der Waals surface area contributed by atoms with Crippen molar-refractivity contribution in [2.45, 2.75) is 6.18 Å². The van der Waals surface area contributed by atoms with E-state index in [4.69, 9.17) is 21.1 Å². The summed E-state index contributed by atoms with van der Waals surface area (Å²) in [5.41, 5.74) is -2.20. The Morgan fingerprint density at radius 1 is 0.970 bits per heavy atom. The molecule has 12 heteroatoms. The monoisotopic (exact) mass is 480 g/mol. The van der Waals surface area contributed by atoms with Crippen LogP contribution < -0.4 is 14.8 Å². The Balaban J connectivity index is 1.83. The van der Waals surface area contributed by atoms with Gasteiger partial charge in [-0.3, -0.25) is 20.2 Å². The van der Waals surface area contributed by atoms with E-state index >= 15 is 0 Å². The third-order valence-corrected chi connectivity index (χ3v) is 4.36. The zero-order valence-corrected chi connectivity index (χ0v) is 17.0. The lowest BCUT2D eigenvalue weighted by Gasteiger charge is -2.12. The zero-order valence-electron chi connectivity index (χ0n) is 16.3. The first-order chi connectivity index (χ1) is 15.5. The fraction of sp³-hybridized carbons (Fsp3) is 0.0476. The Kier molecular flexibility index (Phi) is 6.83. The molecule has 0 unspecified atom stereocenters. The summed E-state index contributed by atoms with van der Waals surface area (Å²) in [5.74, 6) is -1.37. The molecule has 0 aromatic heterocycles. The minimum atomic E-state index is -4.62. The molecule has 1 N–H and O–H groups in total. The van der Waals surface area contributed by atoms with Crippen LogP contribution in [-0.2, 0) is 6.18 Å². The van der Waals surface area contributed by atoms with Crippen molar-refractivity contribution in [3.05, 3.63) is 93.0 Å². The first-order valence-electron chi connectivity index (χ1n) is 8.96. The SMILES string of the molecule is O=C(NC(=O)c1cc(Oc2ccc(C(F)(F)F)cc2Cl)ccc1[N+](=O)[O-])Oc1ccccc1. The maximum Gasteiger partial charge on any atom is 0.419 e. The second kappa shape index (κ2) is 9.57. The standard InChI is InChI=1S/C21H12ClF3N2O6/c22-16-10-12(21(23,24)25)6-9-18(16)32-14-7-8-17(27(30)31)15(11-14)19(28)26-20(29)33-13-4-2-1-3-5-13/h1-11H,(H,26,28,29).